The van der Waals surface area contributed by atoms with E-state index < -0.39 is 0 Å². The predicted octanol–water partition coefficient (Wildman–Crippen LogP) is 8.81. The van der Waals surface area contributed by atoms with Crippen molar-refractivity contribution < 1.29 is 0 Å². The minimum absolute atomic E-state index is 0.491. The van der Waals surface area contributed by atoms with Crippen LogP contribution in [0.25, 0.3) is 0 Å². The van der Waals surface area contributed by atoms with Crippen LogP contribution in [-0.4, -0.2) is 0 Å². The van der Waals surface area contributed by atoms with Crippen LogP contribution >= 0.6 is 0 Å². The molecule has 0 radical (unpaired) electrons. The molecule has 5 aliphatic rings. The zero-order valence-electron chi connectivity index (χ0n) is 20.9. The Morgan fingerprint density at radius 3 is 2.03 bits per heavy atom. The lowest BCUT2D eigenvalue weighted by molar-refractivity contribution is -0.245. The molecule has 0 saturated heterocycles. The minimum atomic E-state index is 0.491. The first kappa shape index (κ1) is 20.6. The number of hydrogen-bond acceptors (Lipinski definition) is 0. The van der Waals surface area contributed by atoms with Crippen molar-refractivity contribution in [1.82, 2.24) is 0 Å². The Morgan fingerprint density at radius 1 is 0.690 bits per heavy atom. The van der Waals surface area contributed by atoms with Crippen LogP contribution in [0.5, 0.6) is 0 Å². The maximum Gasteiger partial charge on any atom is -0.00826 e. The average Bonchev–Trinajstić information content (AvgIpc) is 2.95. The highest BCUT2D eigenvalue weighted by molar-refractivity contribution is 5.27. The first-order chi connectivity index (χ1) is 13.3. The molecule has 0 heterocycles. The first-order valence-electron chi connectivity index (χ1n) is 13.0. The molecule has 0 bridgehead atoms. The summed E-state index contributed by atoms with van der Waals surface area (Å²) in [7, 11) is 0. The third-order valence-corrected chi connectivity index (χ3v) is 13.1. The lowest BCUT2D eigenvalue weighted by Crippen LogP contribution is -2.66. The van der Waals surface area contributed by atoms with Crippen LogP contribution in [-0.2, 0) is 0 Å². The zero-order chi connectivity index (χ0) is 21.1. The number of fused-ring (bicyclic) bond motifs is 7. The molecule has 4 saturated carbocycles. The number of allylic oxidation sites excluding steroid dienone is 2. The molecular formula is C29H48. The summed E-state index contributed by atoms with van der Waals surface area (Å²) in [6.45, 7) is 21.2. The van der Waals surface area contributed by atoms with Crippen molar-refractivity contribution in [2.75, 3.05) is 0 Å². The summed E-state index contributed by atoms with van der Waals surface area (Å²) in [5.74, 6) is 2.76. The van der Waals surface area contributed by atoms with E-state index in [0.717, 1.165) is 17.8 Å². The number of rotatable bonds is 0. The fourth-order valence-corrected chi connectivity index (χ4v) is 10.6. The summed E-state index contributed by atoms with van der Waals surface area (Å²) >= 11 is 0. The van der Waals surface area contributed by atoms with Crippen molar-refractivity contribution in [3.8, 4) is 0 Å². The highest BCUT2D eigenvalue weighted by Crippen LogP contribution is 2.78. The van der Waals surface area contributed by atoms with Crippen molar-refractivity contribution in [1.29, 1.82) is 0 Å². The molecule has 0 unspecified atom stereocenters. The smallest absolute Gasteiger partial charge is 0.00826 e. The Kier molecular flexibility index (Phi) is 4.09. The van der Waals surface area contributed by atoms with Gasteiger partial charge in [-0.05, 0) is 121 Å². The SMILES string of the molecule is CC1=CC[C@H]2[C@]3(C)CC[C@@]4(C)[C@H]5CC(C)(C)CC[C@@]5(C)CC[C@]4(C)[C@H]3CC[C@]12C. The van der Waals surface area contributed by atoms with Gasteiger partial charge in [0.15, 0.2) is 0 Å². The Hall–Kier alpha value is -0.260. The molecular weight excluding hydrogens is 348 g/mol. The summed E-state index contributed by atoms with van der Waals surface area (Å²) in [5, 5.41) is 0. The quantitative estimate of drug-likeness (QED) is 0.359. The van der Waals surface area contributed by atoms with E-state index in [4.69, 9.17) is 0 Å². The van der Waals surface area contributed by atoms with Gasteiger partial charge in [-0.1, -0.05) is 60.1 Å². The van der Waals surface area contributed by atoms with Crippen LogP contribution in [0.4, 0.5) is 0 Å². The summed E-state index contributed by atoms with van der Waals surface area (Å²) in [6, 6.07) is 0. The molecule has 5 aliphatic carbocycles. The molecule has 0 spiro atoms. The molecule has 0 aliphatic heterocycles. The standard InChI is InChI=1S/C29H48/c1-20-9-10-21-26(20,5)12-11-22-27(21,6)16-18-29(8)23-19-24(2,3)13-14-25(23,4)15-17-28(22,29)7/h9,21-23H,10-19H2,1-8H3/t21-,22+,23+,25+,26-,27+,28-,29+/m1/s1. The zero-order valence-corrected chi connectivity index (χ0v) is 20.9. The Balaban J connectivity index is 1.55. The maximum atomic E-state index is 2.79. The maximum absolute atomic E-state index is 2.79. The van der Waals surface area contributed by atoms with Crippen LogP contribution in [0.1, 0.15) is 120 Å². The van der Waals surface area contributed by atoms with Crippen LogP contribution in [0.3, 0.4) is 0 Å². The molecule has 164 valence electrons. The van der Waals surface area contributed by atoms with Crippen molar-refractivity contribution in [3.05, 3.63) is 11.6 Å². The van der Waals surface area contributed by atoms with Gasteiger partial charge in [0.1, 0.15) is 0 Å². The fraction of sp³-hybridized carbons (Fsp3) is 0.931. The normalized spacial score (nSPS) is 58.5. The van der Waals surface area contributed by atoms with Crippen molar-refractivity contribution in [3.63, 3.8) is 0 Å². The van der Waals surface area contributed by atoms with Gasteiger partial charge < -0.3 is 0 Å². The van der Waals surface area contributed by atoms with E-state index >= 15 is 0 Å². The van der Waals surface area contributed by atoms with Gasteiger partial charge in [0.05, 0.1) is 0 Å². The monoisotopic (exact) mass is 396 g/mol. The van der Waals surface area contributed by atoms with Crippen LogP contribution < -0.4 is 0 Å². The van der Waals surface area contributed by atoms with E-state index in [-0.39, 0.29) is 0 Å². The second kappa shape index (κ2) is 5.75. The van der Waals surface area contributed by atoms with Gasteiger partial charge in [0.2, 0.25) is 0 Å². The van der Waals surface area contributed by atoms with Crippen LogP contribution in [0.15, 0.2) is 11.6 Å². The summed E-state index contributed by atoms with van der Waals surface area (Å²) in [6.07, 6.45) is 17.2. The van der Waals surface area contributed by atoms with E-state index in [0.29, 0.717) is 32.5 Å². The lowest BCUT2D eigenvalue weighted by atomic mass is 9.31. The van der Waals surface area contributed by atoms with E-state index in [1.54, 1.807) is 5.57 Å². The molecule has 0 N–H and O–H groups in total. The predicted molar refractivity (Wildman–Crippen MR) is 125 cm³/mol. The van der Waals surface area contributed by atoms with Crippen molar-refractivity contribution >= 4 is 0 Å². The first-order valence-corrected chi connectivity index (χ1v) is 13.0. The third-order valence-electron chi connectivity index (χ3n) is 13.1. The Bertz CT molecular complexity index is 743. The summed E-state index contributed by atoms with van der Waals surface area (Å²) in [4.78, 5) is 0. The molecule has 5 rings (SSSR count). The second-order valence-electron chi connectivity index (χ2n) is 14.6. The summed E-state index contributed by atoms with van der Waals surface area (Å²) < 4.78 is 0. The van der Waals surface area contributed by atoms with E-state index in [9.17, 15) is 0 Å². The van der Waals surface area contributed by atoms with Crippen molar-refractivity contribution in [2.24, 2.45) is 50.2 Å². The van der Waals surface area contributed by atoms with Crippen LogP contribution in [0, 0.1) is 50.2 Å². The van der Waals surface area contributed by atoms with Gasteiger partial charge in [-0.15, -0.1) is 0 Å². The van der Waals surface area contributed by atoms with Gasteiger partial charge >= 0.3 is 0 Å². The molecule has 8 atom stereocenters. The molecule has 0 heteroatoms. The van der Waals surface area contributed by atoms with E-state index in [1.165, 1.54) is 64.2 Å². The van der Waals surface area contributed by atoms with Gasteiger partial charge in [0, 0.05) is 0 Å². The molecule has 4 fully saturated rings. The third kappa shape index (κ3) is 2.39. The minimum Gasteiger partial charge on any atom is -0.0847 e. The van der Waals surface area contributed by atoms with Gasteiger partial charge in [0.25, 0.3) is 0 Å². The van der Waals surface area contributed by atoms with E-state index in [2.05, 4.69) is 61.5 Å². The number of hydrogen-bond donors (Lipinski definition) is 0. The topological polar surface area (TPSA) is 0 Å². The highest BCUT2D eigenvalue weighted by atomic mass is 14.7. The van der Waals surface area contributed by atoms with Gasteiger partial charge in [-0.2, -0.15) is 0 Å². The summed E-state index contributed by atoms with van der Waals surface area (Å²) in [5.41, 5.74) is 4.98. The molecule has 0 aromatic heterocycles. The second-order valence-corrected chi connectivity index (χ2v) is 14.6. The highest BCUT2D eigenvalue weighted by Gasteiger charge is 2.70. The molecule has 29 heavy (non-hydrogen) atoms. The van der Waals surface area contributed by atoms with Gasteiger partial charge in [-0.3, -0.25) is 0 Å². The molecule has 0 aromatic carbocycles. The lowest BCUT2D eigenvalue weighted by Gasteiger charge is -2.74. The largest absolute Gasteiger partial charge is 0.0847 e. The average molecular weight is 397 g/mol. The Labute approximate surface area is 181 Å². The van der Waals surface area contributed by atoms with Gasteiger partial charge in [-0.25, -0.2) is 0 Å². The van der Waals surface area contributed by atoms with Crippen molar-refractivity contribution in [2.45, 2.75) is 120 Å². The molecule has 0 aromatic rings. The molecule has 0 nitrogen and oxygen atoms in total. The van der Waals surface area contributed by atoms with E-state index in [1.807, 2.05) is 0 Å². The molecule has 0 amide bonds. The Morgan fingerprint density at radius 2 is 1.31 bits per heavy atom. The fourth-order valence-electron chi connectivity index (χ4n) is 10.6. The van der Waals surface area contributed by atoms with Crippen LogP contribution in [0.2, 0.25) is 0 Å².